The summed E-state index contributed by atoms with van der Waals surface area (Å²) in [6, 6.07) is 0. The molecule has 0 saturated heterocycles. The lowest BCUT2D eigenvalue weighted by atomic mass is 10.9. The molecule has 0 bridgehead atoms. The van der Waals surface area contributed by atoms with Gasteiger partial charge in [0.15, 0.2) is 0 Å². The van der Waals surface area contributed by atoms with Crippen molar-refractivity contribution in [2.75, 3.05) is 13.7 Å². The van der Waals surface area contributed by atoms with Crippen molar-refractivity contribution in [1.29, 1.82) is 0 Å². The van der Waals surface area contributed by atoms with E-state index < -0.39 is 0 Å². The molecule has 3 heteroatoms. The molecular weight excluding hydrogens is 112 g/mol. The average Bonchev–Trinajstić information content (AvgIpc) is 1.87. The van der Waals surface area contributed by atoms with E-state index in [1.807, 2.05) is 11.9 Å². The SMILES string of the molecule is CN1[C]=C(Cl)NC1. The van der Waals surface area contributed by atoms with Crippen molar-refractivity contribution in [2.24, 2.45) is 0 Å². The topological polar surface area (TPSA) is 15.3 Å². The smallest absolute Gasteiger partial charge is 0.129 e. The first kappa shape index (κ1) is 4.78. The van der Waals surface area contributed by atoms with Gasteiger partial charge in [-0.25, -0.2) is 0 Å². The number of hydrogen-bond donors (Lipinski definition) is 1. The number of rotatable bonds is 0. The second kappa shape index (κ2) is 1.62. The lowest BCUT2D eigenvalue weighted by Gasteiger charge is -2.01. The molecule has 1 aliphatic rings. The van der Waals surface area contributed by atoms with Crippen LogP contribution in [0.25, 0.3) is 0 Å². The molecule has 0 aromatic rings. The summed E-state index contributed by atoms with van der Waals surface area (Å²) in [5.41, 5.74) is 0. The summed E-state index contributed by atoms with van der Waals surface area (Å²) in [5, 5.41) is 3.47. The van der Waals surface area contributed by atoms with Crippen molar-refractivity contribution in [3.05, 3.63) is 11.4 Å². The fraction of sp³-hybridized carbons (Fsp3) is 0.500. The normalized spacial score (nSPS) is 19.1. The first-order valence-electron chi connectivity index (χ1n) is 2.03. The van der Waals surface area contributed by atoms with Crippen LogP contribution in [0.5, 0.6) is 0 Å². The highest BCUT2D eigenvalue weighted by molar-refractivity contribution is 6.28. The molecule has 1 heterocycles. The third-order valence-electron chi connectivity index (χ3n) is 0.760. The lowest BCUT2D eigenvalue weighted by Crippen LogP contribution is -2.15. The number of nitrogens with zero attached hydrogens (tertiary/aromatic N) is 1. The Morgan fingerprint density at radius 1 is 2.00 bits per heavy atom. The molecule has 0 aromatic heterocycles. The summed E-state index contributed by atoms with van der Waals surface area (Å²) in [6.07, 6.45) is 2.82. The standard InChI is InChI=1S/C4H6ClN2/c1-7-2-4(5)6-3-7/h6H,3H2,1H3. The van der Waals surface area contributed by atoms with Gasteiger partial charge in [0.2, 0.25) is 0 Å². The van der Waals surface area contributed by atoms with Crippen molar-refractivity contribution in [2.45, 2.75) is 0 Å². The first-order chi connectivity index (χ1) is 3.29. The fourth-order valence-electron chi connectivity index (χ4n) is 0.435. The molecule has 1 radical (unpaired) electrons. The Hall–Kier alpha value is -0.370. The molecule has 7 heavy (non-hydrogen) atoms. The highest BCUT2D eigenvalue weighted by Crippen LogP contribution is 2.01. The molecule has 1 N–H and O–H groups in total. The Balaban J connectivity index is 2.50. The largest absolute Gasteiger partial charge is 0.357 e. The summed E-state index contributed by atoms with van der Waals surface area (Å²) < 4.78 is 0. The van der Waals surface area contributed by atoms with Crippen molar-refractivity contribution < 1.29 is 0 Å². The Morgan fingerprint density at radius 3 is 2.86 bits per heavy atom. The summed E-state index contributed by atoms with van der Waals surface area (Å²) >= 11 is 5.46. The van der Waals surface area contributed by atoms with E-state index in [1.54, 1.807) is 0 Å². The zero-order valence-corrected chi connectivity index (χ0v) is 4.79. The molecule has 0 unspecified atom stereocenters. The molecule has 0 spiro atoms. The maximum absolute atomic E-state index is 5.46. The third kappa shape index (κ3) is 0.996. The third-order valence-corrected chi connectivity index (χ3v) is 0.979. The van der Waals surface area contributed by atoms with Gasteiger partial charge in [-0.15, -0.1) is 0 Å². The van der Waals surface area contributed by atoms with Crippen LogP contribution in [0.15, 0.2) is 5.16 Å². The van der Waals surface area contributed by atoms with Crippen LogP contribution in [-0.2, 0) is 0 Å². The van der Waals surface area contributed by atoms with E-state index in [9.17, 15) is 0 Å². The van der Waals surface area contributed by atoms with E-state index >= 15 is 0 Å². The summed E-state index contributed by atoms with van der Waals surface area (Å²) in [7, 11) is 1.91. The molecule has 39 valence electrons. The molecule has 0 fully saturated rings. The number of hydrogen-bond acceptors (Lipinski definition) is 2. The Morgan fingerprint density at radius 2 is 2.71 bits per heavy atom. The molecule has 0 amide bonds. The maximum Gasteiger partial charge on any atom is 0.129 e. The van der Waals surface area contributed by atoms with Gasteiger partial charge in [0, 0.05) is 7.05 Å². The van der Waals surface area contributed by atoms with Crippen molar-refractivity contribution in [3.8, 4) is 0 Å². The van der Waals surface area contributed by atoms with Gasteiger partial charge >= 0.3 is 0 Å². The maximum atomic E-state index is 5.46. The summed E-state index contributed by atoms with van der Waals surface area (Å²) in [4.78, 5) is 1.85. The van der Waals surface area contributed by atoms with Gasteiger partial charge in [-0.3, -0.25) is 0 Å². The van der Waals surface area contributed by atoms with Gasteiger partial charge in [0.25, 0.3) is 0 Å². The van der Waals surface area contributed by atoms with Gasteiger partial charge in [-0.05, 0) is 0 Å². The van der Waals surface area contributed by atoms with Gasteiger partial charge < -0.3 is 10.2 Å². The van der Waals surface area contributed by atoms with Crippen LogP contribution >= 0.6 is 11.6 Å². The van der Waals surface area contributed by atoms with E-state index in [4.69, 9.17) is 11.6 Å². The summed E-state index contributed by atoms with van der Waals surface area (Å²) in [6.45, 7) is 0.777. The molecule has 0 saturated carbocycles. The number of halogens is 1. The van der Waals surface area contributed by atoms with Gasteiger partial charge in [-0.1, -0.05) is 11.6 Å². The zero-order chi connectivity index (χ0) is 5.28. The van der Waals surface area contributed by atoms with E-state index in [-0.39, 0.29) is 0 Å². The quantitative estimate of drug-likeness (QED) is 0.460. The molecule has 1 aliphatic heterocycles. The first-order valence-corrected chi connectivity index (χ1v) is 2.41. The molecule has 2 nitrogen and oxygen atoms in total. The average molecular weight is 118 g/mol. The molecule has 0 aromatic carbocycles. The van der Waals surface area contributed by atoms with Crippen molar-refractivity contribution in [1.82, 2.24) is 10.2 Å². The van der Waals surface area contributed by atoms with Gasteiger partial charge in [0.1, 0.15) is 11.4 Å². The number of nitrogens with one attached hydrogen (secondary N) is 1. The second-order valence-corrected chi connectivity index (χ2v) is 1.84. The van der Waals surface area contributed by atoms with Gasteiger partial charge in [-0.2, -0.15) is 0 Å². The van der Waals surface area contributed by atoms with E-state index in [2.05, 4.69) is 11.5 Å². The predicted molar refractivity (Wildman–Crippen MR) is 28.4 cm³/mol. The molecular formula is C4H6ClN2. The molecule has 0 aliphatic carbocycles. The van der Waals surface area contributed by atoms with Crippen LogP contribution in [0, 0.1) is 6.20 Å². The zero-order valence-electron chi connectivity index (χ0n) is 4.03. The van der Waals surface area contributed by atoms with E-state index in [0.717, 1.165) is 6.67 Å². The highest BCUT2D eigenvalue weighted by atomic mass is 35.5. The van der Waals surface area contributed by atoms with Gasteiger partial charge in [0.05, 0.1) is 6.67 Å². The lowest BCUT2D eigenvalue weighted by molar-refractivity contribution is 0.458. The summed E-state index contributed by atoms with van der Waals surface area (Å²) in [5.74, 6) is 0. The van der Waals surface area contributed by atoms with Crippen LogP contribution in [0.4, 0.5) is 0 Å². The molecule has 1 rings (SSSR count). The minimum Gasteiger partial charge on any atom is -0.357 e. The minimum atomic E-state index is 0.600. The monoisotopic (exact) mass is 117 g/mol. The van der Waals surface area contributed by atoms with E-state index in [1.165, 1.54) is 0 Å². The minimum absolute atomic E-state index is 0.600. The molecule has 0 atom stereocenters. The highest BCUT2D eigenvalue weighted by Gasteiger charge is 2.02. The van der Waals surface area contributed by atoms with Crippen LogP contribution in [0.1, 0.15) is 0 Å². The Labute approximate surface area is 47.8 Å². The van der Waals surface area contributed by atoms with Crippen LogP contribution < -0.4 is 5.32 Å². The van der Waals surface area contributed by atoms with Crippen molar-refractivity contribution >= 4 is 11.6 Å². The Kier molecular flexibility index (Phi) is 1.11. The Bertz CT molecular complexity index is 99.9. The van der Waals surface area contributed by atoms with E-state index in [0.29, 0.717) is 5.16 Å². The van der Waals surface area contributed by atoms with Crippen LogP contribution in [-0.4, -0.2) is 18.6 Å². The predicted octanol–water partition coefficient (Wildman–Crippen LogP) is 0.320. The second-order valence-electron chi connectivity index (χ2n) is 1.46. The van der Waals surface area contributed by atoms with Crippen LogP contribution in [0.2, 0.25) is 0 Å². The fourth-order valence-corrected chi connectivity index (χ4v) is 0.639. The van der Waals surface area contributed by atoms with Crippen molar-refractivity contribution in [3.63, 3.8) is 0 Å². The van der Waals surface area contributed by atoms with Crippen LogP contribution in [0.3, 0.4) is 0 Å².